The van der Waals surface area contributed by atoms with Crippen LogP contribution in [0.3, 0.4) is 0 Å². The summed E-state index contributed by atoms with van der Waals surface area (Å²) in [5, 5.41) is 9.90. The number of halogens is 1. The average Bonchev–Trinajstić information content (AvgIpc) is 3.37. The summed E-state index contributed by atoms with van der Waals surface area (Å²) in [7, 11) is 0. The minimum atomic E-state index is -0.326. The number of ether oxygens (including phenoxy) is 1. The van der Waals surface area contributed by atoms with Gasteiger partial charge in [-0.3, -0.25) is 4.79 Å². The Labute approximate surface area is 185 Å². The largest absolute Gasteiger partial charge is 0.481 e. The van der Waals surface area contributed by atoms with Crippen LogP contribution in [0.15, 0.2) is 53.7 Å². The molecule has 0 saturated heterocycles. The highest BCUT2D eigenvalue weighted by atomic mass is 35.5. The summed E-state index contributed by atoms with van der Waals surface area (Å²) in [6.07, 6.45) is 0.576. The molecule has 30 heavy (non-hydrogen) atoms. The Bertz CT molecular complexity index is 1060. The summed E-state index contributed by atoms with van der Waals surface area (Å²) in [5.41, 5.74) is 2.24. The molecule has 0 saturated carbocycles. The third kappa shape index (κ3) is 4.18. The quantitative estimate of drug-likeness (QED) is 0.493. The molecule has 1 aromatic heterocycles. The van der Waals surface area contributed by atoms with E-state index in [9.17, 15) is 4.79 Å². The van der Waals surface area contributed by atoms with Crippen molar-refractivity contribution in [3.05, 3.63) is 64.9 Å². The van der Waals surface area contributed by atoms with E-state index in [0.29, 0.717) is 34.1 Å². The molecule has 0 fully saturated rings. The van der Waals surface area contributed by atoms with Gasteiger partial charge in [0, 0.05) is 18.8 Å². The van der Waals surface area contributed by atoms with Crippen molar-refractivity contribution in [1.29, 1.82) is 0 Å². The topological polar surface area (TPSA) is 60.2 Å². The molecule has 156 valence electrons. The van der Waals surface area contributed by atoms with E-state index < -0.39 is 0 Å². The zero-order valence-electron chi connectivity index (χ0n) is 16.9. The van der Waals surface area contributed by atoms with Crippen molar-refractivity contribution in [2.45, 2.75) is 38.1 Å². The Balaban J connectivity index is 1.44. The number of anilines is 1. The van der Waals surface area contributed by atoms with Crippen molar-refractivity contribution >= 4 is 35.0 Å². The van der Waals surface area contributed by atoms with Gasteiger partial charge < -0.3 is 14.2 Å². The SMILES string of the molecule is CCn1c(SCC(=O)N2CCc3ccccc32)nnc1C(C)Oc1ccccc1Cl. The van der Waals surface area contributed by atoms with Gasteiger partial charge in [-0.25, -0.2) is 0 Å². The van der Waals surface area contributed by atoms with Crippen LogP contribution in [-0.4, -0.2) is 33.0 Å². The van der Waals surface area contributed by atoms with Gasteiger partial charge in [0.25, 0.3) is 0 Å². The van der Waals surface area contributed by atoms with Gasteiger partial charge >= 0.3 is 0 Å². The summed E-state index contributed by atoms with van der Waals surface area (Å²) in [6, 6.07) is 15.4. The van der Waals surface area contributed by atoms with Crippen LogP contribution < -0.4 is 9.64 Å². The lowest BCUT2D eigenvalue weighted by Gasteiger charge is -2.18. The number of nitrogens with zero attached hydrogens (tertiary/aromatic N) is 4. The first kappa shape index (κ1) is 20.8. The number of aromatic nitrogens is 3. The van der Waals surface area contributed by atoms with Crippen LogP contribution in [0.25, 0.3) is 0 Å². The smallest absolute Gasteiger partial charge is 0.237 e. The van der Waals surface area contributed by atoms with Gasteiger partial charge in [0.1, 0.15) is 5.75 Å². The maximum atomic E-state index is 12.8. The molecule has 6 nitrogen and oxygen atoms in total. The highest BCUT2D eigenvalue weighted by Gasteiger charge is 2.25. The van der Waals surface area contributed by atoms with E-state index >= 15 is 0 Å². The molecular formula is C22H23ClN4O2S. The number of thioether (sulfide) groups is 1. The first-order valence-corrected chi connectivity index (χ1v) is 11.3. The lowest BCUT2D eigenvalue weighted by Crippen LogP contribution is -2.30. The summed E-state index contributed by atoms with van der Waals surface area (Å²) < 4.78 is 7.98. The molecule has 2 heterocycles. The molecule has 3 aromatic rings. The molecule has 1 atom stereocenters. The van der Waals surface area contributed by atoms with Crippen molar-refractivity contribution in [3.8, 4) is 5.75 Å². The number of hydrogen-bond donors (Lipinski definition) is 0. The second kappa shape index (κ2) is 9.10. The van der Waals surface area contributed by atoms with Gasteiger partial charge in [-0.1, -0.05) is 53.7 Å². The summed E-state index contributed by atoms with van der Waals surface area (Å²) in [5.74, 6) is 1.71. The van der Waals surface area contributed by atoms with Gasteiger partial charge in [-0.2, -0.15) is 0 Å². The van der Waals surface area contributed by atoms with Crippen molar-refractivity contribution in [1.82, 2.24) is 14.8 Å². The number of benzene rings is 2. The standard InChI is InChI=1S/C22H23ClN4O2S/c1-3-26-21(15(2)29-19-11-7-5-9-17(19)23)24-25-22(26)30-14-20(28)27-13-12-16-8-4-6-10-18(16)27/h4-11,15H,3,12-14H2,1-2H3. The second-order valence-corrected chi connectivity index (χ2v) is 8.34. The predicted molar refractivity (Wildman–Crippen MR) is 119 cm³/mol. The summed E-state index contributed by atoms with van der Waals surface area (Å²) in [6.45, 7) is 5.35. The molecule has 0 N–H and O–H groups in total. The van der Waals surface area contributed by atoms with Gasteiger partial charge in [-0.05, 0) is 44.0 Å². The molecule has 4 rings (SSSR count). The van der Waals surface area contributed by atoms with E-state index in [-0.39, 0.29) is 12.0 Å². The minimum Gasteiger partial charge on any atom is -0.481 e. The molecule has 1 unspecified atom stereocenters. The maximum absolute atomic E-state index is 12.8. The Morgan fingerprint density at radius 3 is 2.77 bits per heavy atom. The van der Waals surface area contributed by atoms with Crippen LogP contribution in [-0.2, 0) is 17.8 Å². The first-order valence-electron chi connectivity index (χ1n) is 9.93. The van der Waals surface area contributed by atoms with Crippen LogP contribution in [0.5, 0.6) is 5.75 Å². The lowest BCUT2D eigenvalue weighted by molar-refractivity contribution is -0.116. The molecule has 1 amide bonds. The number of carbonyl (C=O) groups is 1. The van der Waals surface area contributed by atoms with E-state index in [4.69, 9.17) is 16.3 Å². The zero-order chi connectivity index (χ0) is 21.1. The Morgan fingerprint density at radius 1 is 1.20 bits per heavy atom. The van der Waals surface area contributed by atoms with E-state index in [1.54, 1.807) is 6.07 Å². The second-order valence-electron chi connectivity index (χ2n) is 6.99. The fourth-order valence-corrected chi connectivity index (χ4v) is 4.66. The molecule has 2 aromatic carbocycles. The molecule has 1 aliphatic heterocycles. The van der Waals surface area contributed by atoms with E-state index in [0.717, 1.165) is 18.7 Å². The lowest BCUT2D eigenvalue weighted by atomic mass is 10.2. The van der Waals surface area contributed by atoms with Crippen molar-refractivity contribution in [2.24, 2.45) is 0 Å². The van der Waals surface area contributed by atoms with Crippen LogP contribution >= 0.6 is 23.4 Å². The molecule has 0 radical (unpaired) electrons. The number of amides is 1. The summed E-state index contributed by atoms with van der Waals surface area (Å²) in [4.78, 5) is 14.7. The highest BCUT2D eigenvalue weighted by Crippen LogP contribution is 2.31. The van der Waals surface area contributed by atoms with Crippen LogP contribution in [0.1, 0.15) is 31.3 Å². The van der Waals surface area contributed by atoms with Crippen molar-refractivity contribution in [2.75, 3.05) is 17.2 Å². The minimum absolute atomic E-state index is 0.0810. The number of para-hydroxylation sites is 2. The van der Waals surface area contributed by atoms with Gasteiger partial charge in [0.2, 0.25) is 5.91 Å². The number of carbonyl (C=O) groups excluding carboxylic acids is 1. The number of fused-ring (bicyclic) bond motifs is 1. The Kier molecular flexibility index (Phi) is 6.29. The molecule has 8 heteroatoms. The van der Waals surface area contributed by atoms with Gasteiger partial charge in [-0.15, -0.1) is 10.2 Å². The Morgan fingerprint density at radius 2 is 1.97 bits per heavy atom. The number of rotatable bonds is 7. The molecule has 0 bridgehead atoms. The Hall–Kier alpha value is -2.51. The monoisotopic (exact) mass is 442 g/mol. The molecule has 0 spiro atoms. The van der Waals surface area contributed by atoms with Crippen LogP contribution in [0.2, 0.25) is 5.02 Å². The van der Waals surface area contributed by atoms with Gasteiger partial charge in [0.15, 0.2) is 17.1 Å². The third-order valence-corrected chi connectivity index (χ3v) is 6.34. The van der Waals surface area contributed by atoms with E-state index in [2.05, 4.69) is 16.3 Å². The predicted octanol–water partition coefficient (Wildman–Crippen LogP) is 4.77. The fourth-order valence-electron chi connectivity index (χ4n) is 3.59. The molecule has 0 aliphatic carbocycles. The highest BCUT2D eigenvalue weighted by molar-refractivity contribution is 7.99. The normalized spacial score (nSPS) is 13.9. The van der Waals surface area contributed by atoms with E-state index in [1.807, 2.05) is 59.7 Å². The first-order chi connectivity index (χ1) is 14.6. The average molecular weight is 443 g/mol. The summed E-state index contributed by atoms with van der Waals surface area (Å²) >= 11 is 7.61. The fraction of sp³-hybridized carbons (Fsp3) is 0.318. The van der Waals surface area contributed by atoms with Gasteiger partial charge in [0.05, 0.1) is 10.8 Å². The molecular weight excluding hydrogens is 420 g/mol. The van der Waals surface area contributed by atoms with Crippen molar-refractivity contribution < 1.29 is 9.53 Å². The maximum Gasteiger partial charge on any atom is 0.237 e. The third-order valence-electron chi connectivity index (χ3n) is 5.08. The van der Waals surface area contributed by atoms with Crippen LogP contribution in [0.4, 0.5) is 5.69 Å². The zero-order valence-corrected chi connectivity index (χ0v) is 18.5. The number of hydrogen-bond acceptors (Lipinski definition) is 5. The van der Waals surface area contributed by atoms with Crippen LogP contribution in [0, 0.1) is 0 Å². The van der Waals surface area contributed by atoms with Crippen molar-refractivity contribution in [3.63, 3.8) is 0 Å². The molecule has 1 aliphatic rings. The van der Waals surface area contributed by atoms with E-state index in [1.165, 1.54) is 17.3 Å².